The van der Waals surface area contributed by atoms with E-state index >= 15 is 0 Å². The highest BCUT2D eigenvalue weighted by atomic mass is 79.9. The first kappa shape index (κ1) is 17.0. The molecular formula is C20H18BrN3O2. The quantitative estimate of drug-likeness (QED) is 0.625. The summed E-state index contributed by atoms with van der Waals surface area (Å²) >= 11 is 3.48. The SMILES string of the molecule is Cc1cccc(-c2noc(C3CCC(=O)N3Cc3cccc(Br)c3)n2)c1. The van der Waals surface area contributed by atoms with Crippen LogP contribution in [0, 0.1) is 6.92 Å². The Kier molecular flexibility index (Phi) is 4.59. The molecule has 0 aliphatic carbocycles. The highest BCUT2D eigenvalue weighted by Gasteiger charge is 2.36. The largest absolute Gasteiger partial charge is 0.337 e. The minimum atomic E-state index is -0.174. The van der Waals surface area contributed by atoms with Gasteiger partial charge in [-0.3, -0.25) is 4.79 Å². The van der Waals surface area contributed by atoms with Crippen molar-refractivity contribution in [1.29, 1.82) is 0 Å². The van der Waals surface area contributed by atoms with Crippen LogP contribution < -0.4 is 0 Å². The fourth-order valence-corrected chi connectivity index (χ4v) is 3.74. The van der Waals surface area contributed by atoms with Gasteiger partial charge in [-0.05, 0) is 37.1 Å². The van der Waals surface area contributed by atoms with Gasteiger partial charge in [0.1, 0.15) is 6.04 Å². The Morgan fingerprint density at radius 1 is 1.23 bits per heavy atom. The standard InChI is InChI=1S/C20H18BrN3O2/c1-13-4-2-6-15(10-13)19-22-20(26-23-19)17-8-9-18(25)24(17)12-14-5-3-7-16(21)11-14/h2-7,10-11,17H,8-9,12H2,1H3. The Balaban J connectivity index is 1.59. The molecule has 5 nitrogen and oxygen atoms in total. The first-order chi connectivity index (χ1) is 12.6. The van der Waals surface area contributed by atoms with Crippen LogP contribution in [0.5, 0.6) is 0 Å². The Hall–Kier alpha value is -2.47. The number of amides is 1. The summed E-state index contributed by atoms with van der Waals surface area (Å²) in [6.07, 6.45) is 1.20. The average Bonchev–Trinajstić information content (AvgIpc) is 3.23. The lowest BCUT2D eigenvalue weighted by Crippen LogP contribution is -2.27. The Labute approximate surface area is 160 Å². The fraction of sp³-hybridized carbons (Fsp3) is 0.250. The lowest BCUT2D eigenvalue weighted by Gasteiger charge is -2.22. The molecule has 0 N–H and O–H groups in total. The van der Waals surface area contributed by atoms with Crippen molar-refractivity contribution in [3.05, 3.63) is 70.0 Å². The summed E-state index contributed by atoms with van der Waals surface area (Å²) in [6, 6.07) is 15.8. The number of aromatic nitrogens is 2. The Bertz CT molecular complexity index is 953. The number of carbonyl (C=O) groups is 1. The fourth-order valence-electron chi connectivity index (χ4n) is 3.29. The topological polar surface area (TPSA) is 59.2 Å². The maximum atomic E-state index is 12.4. The summed E-state index contributed by atoms with van der Waals surface area (Å²) in [4.78, 5) is 18.8. The maximum absolute atomic E-state index is 12.4. The third-order valence-corrected chi connectivity index (χ3v) is 5.07. The van der Waals surface area contributed by atoms with Crippen molar-refractivity contribution in [3.63, 3.8) is 0 Å². The number of hydrogen-bond donors (Lipinski definition) is 0. The van der Waals surface area contributed by atoms with Crippen molar-refractivity contribution in [2.75, 3.05) is 0 Å². The smallest absolute Gasteiger partial charge is 0.249 e. The summed E-state index contributed by atoms with van der Waals surface area (Å²) in [6.45, 7) is 2.56. The monoisotopic (exact) mass is 411 g/mol. The van der Waals surface area contributed by atoms with Crippen LogP contribution in [0.4, 0.5) is 0 Å². The molecule has 1 aliphatic rings. The normalized spacial score (nSPS) is 17.1. The van der Waals surface area contributed by atoms with Gasteiger partial charge >= 0.3 is 0 Å². The molecular weight excluding hydrogens is 394 g/mol. The molecule has 0 bridgehead atoms. The van der Waals surface area contributed by atoms with Crippen LogP contribution in [0.3, 0.4) is 0 Å². The van der Waals surface area contributed by atoms with E-state index in [-0.39, 0.29) is 11.9 Å². The molecule has 0 saturated carbocycles. The van der Waals surface area contributed by atoms with E-state index < -0.39 is 0 Å². The average molecular weight is 412 g/mol. The van der Waals surface area contributed by atoms with E-state index in [1.165, 1.54) is 0 Å². The van der Waals surface area contributed by atoms with Crippen molar-refractivity contribution in [3.8, 4) is 11.4 Å². The number of halogens is 1. The van der Waals surface area contributed by atoms with Crippen LogP contribution in [0.15, 0.2) is 57.5 Å². The van der Waals surface area contributed by atoms with Crippen LogP contribution >= 0.6 is 15.9 Å². The second-order valence-corrected chi connectivity index (χ2v) is 7.45. The summed E-state index contributed by atoms with van der Waals surface area (Å²) in [5, 5.41) is 4.12. The van der Waals surface area contributed by atoms with Gasteiger partial charge in [-0.25, -0.2) is 0 Å². The Morgan fingerprint density at radius 3 is 2.88 bits per heavy atom. The Morgan fingerprint density at radius 2 is 2.08 bits per heavy atom. The van der Waals surface area contributed by atoms with E-state index in [1.54, 1.807) is 0 Å². The molecule has 0 spiro atoms. The first-order valence-corrected chi connectivity index (χ1v) is 9.34. The molecule has 1 fully saturated rings. The molecule has 1 aliphatic heterocycles. The second kappa shape index (κ2) is 7.03. The van der Waals surface area contributed by atoms with Crippen molar-refractivity contribution in [2.45, 2.75) is 32.4 Å². The number of rotatable bonds is 4. The van der Waals surface area contributed by atoms with Gasteiger partial charge in [0.05, 0.1) is 0 Å². The number of aryl methyl sites for hydroxylation is 1. The highest BCUT2D eigenvalue weighted by molar-refractivity contribution is 9.10. The van der Waals surface area contributed by atoms with E-state index in [9.17, 15) is 4.79 Å². The van der Waals surface area contributed by atoms with E-state index in [0.717, 1.165) is 21.2 Å². The molecule has 4 rings (SSSR count). The first-order valence-electron chi connectivity index (χ1n) is 8.55. The predicted molar refractivity (Wildman–Crippen MR) is 101 cm³/mol. The number of nitrogens with zero attached hydrogens (tertiary/aromatic N) is 3. The number of likely N-dealkylation sites (tertiary alicyclic amines) is 1. The molecule has 1 saturated heterocycles. The number of hydrogen-bond acceptors (Lipinski definition) is 4. The molecule has 2 heterocycles. The molecule has 1 unspecified atom stereocenters. The molecule has 26 heavy (non-hydrogen) atoms. The summed E-state index contributed by atoms with van der Waals surface area (Å²) in [5.41, 5.74) is 3.13. The van der Waals surface area contributed by atoms with Gasteiger partial charge in [-0.1, -0.05) is 57.0 Å². The molecule has 6 heteroatoms. The molecule has 132 valence electrons. The van der Waals surface area contributed by atoms with Gasteiger partial charge in [0.2, 0.25) is 17.6 Å². The van der Waals surface area contributed by atoms with Gasteiger partial charge < -0.3 is 9.42 Å². The number of benzene rings is 2. The van der Waals surface area contributed by atoms with Gasteiger partial charge in [0, 0.05) is 23.0 Å². The zero-order valence-corrected chi connectivity index (χ0v) is 15.9. The molecule has 2 aromatic carbocycles. The minimum Gasteiger partial charge on any atom is -0.337 e. The van der Waals surface area contributed by atoms with E-state index in [4.69, 9.17) is 4.52 Å². The van der Waals surface area contributed by atoms with E-state index in [1.807, 2.05) is 60.4 Å². The second-order valence-electron chi connectivity index (χ2n) is 6.53. The molecule has 1 atom stereocenters. The van der Waals surface area contributed by atoms with Crippen molar-refractivity contribution < 1.29 is 9.32 Å². The summed E-state index contributed by atoms with van der Waals surface area (Å²) in [5.74, 6) is 1.18. The third kappa shape index (κ3) is 3.42. The molecule has 3 aromatic rings. The van der Waals surface area contributed by atoms with Gasteiger partial charge in [-0.15, -0.1) is 0 Å². The summed E-state index contributed by atoms with van der Waals surface area (Å²) < 4.78 is 6.52. The maximum Gasteiger partial charge on any atom is 0.249 e. The number of carbonyl (C=O) groups excluding carboxylic acids is 1. The zero-order valence-electron chi connectivity index (χ0n) is 14.4. The molecule has 1 amide bonds. The van der Waals surface area contributed by atoms with Crippen molar-refractivity contribution in [1.82, 2.24) is 15.0 Å². The van der Waals surface area contributed by atoms with Crippen LogP contribution in [0.25, 0.3) is 11.4 Å². The predicted octanol–water partition coefficient (Wildman–Crippen LogP) is 4.67. The van der Waals surface area contributed by atoms with Gasteiger partial charge in [0.25, 0.3) is 0 Å². The lowest BCUT2D eigenvalue weighted by molar-refractivity contribution is -0.129. The zero-order chi connectivity index (χ0) is 18.1. The summed E-state index contributed by atoms with van der Waals surface area (Å²) in [7, 11) is 0. The van der Waals surface area contributed by atoms with Crippen molar-refractivity contribution in [2.24, 2.45) is 0 Å². The minimum absolute atomic E-state index is 0.116. The van der Waals surface area contributed by atoms with E-state index in [0.29, 0.717) is 31.1 Å². The van der Waals surface area contributed by atoms with E-state index in [2.05, 4.69) is 26.1 Å². The van der Waals surface area contributed by atoms with Crippen LogP contribution in [0.1, 0.15) is 35.9 Å². The van der Waals surface area contributed by atoms with Crippen LogP contribution in [-0.4, -0.2) is 20.9 Å². The van der Waals surface area contributed by atoms with Crippen molar-refractivity contribution >= 4 is 21.8 Å². The third-order valence-electron chi connectivity index (χ3n) is 4.57. The van der Waals surface area contributed by atoms with Gasteiger partial charge in [0.15, 0.2) is 0 Å². The van der Waals surface area contributed by atoms with Crippen LogP contribution in [0.2, 0.25) is 0 Å². The molecule has 0 radical (unpaired) electrons. The van der Waals surface area contributed by atoms with Crippen LogP contribution in [-0.2, 0) is 11.3 Å². The lowest BCUT2D eigenvalue weighted by atomic mass is 10.1. The molecule has 1 aromatic heterocycles. The highest BCUT2D eigenvalue weighted by Crippen LogP contribution is 2.34. The van der Waals surface area contributed by atoms with Gasteiger partial charge in [-0.2, -0.15) is 4.98 Å².